The van der Waals surface area contributed by atoms with E-state index in [1.807, 2.05) is 0 Å². The number of carbonyl (C=O) groups is 1. The molecule has 0 radical (unpaired) electrons. The number of halogens is 1. The summed E-state index contributed by atoms with van der Waals surface area (Å²) >= 11 is 0. The molecule has 172 valence electrons. The van der Waals surface area contributed by atoms with Gasteiger partial charge in [0.2, 0.25) is 0 Å². The molecule has 10 heteroatoms. The number of pyridine rings is 1. The van der Waals surface area contributed by atoms with Gasteiger partial charge in [-0.25, -0.2) is 24.3 Å². The van der Waals surface area contributed by atoms with Crippen LogP contribution in [-0.2, 0) is 0 Å². The highest BCUT2D eigenvalue weighted by Crippen LogP contribution is 2.22. The number of nitrogens with two attached hydrogens (primary N) is 1. The van der Waals surface area contributed by atoms with Crippen molar-refractivity contribution in [2.24, 2.45) is 0 Å². The minimum atomic E-state index is -0.325. The molecule has 1 aliphatic rings. The van der Waals surface area contributed by atoms with Crippen molar-refractivity contribution in [3.8, 4) is 11.3 Å². The summed E-state index contributed by atoms with van der Waals surface area (Å²) in [5.74, 6) is 1.09. The third-order valence-electron chi connectivity index (χ3n) is 5.83. The van der Waals surface area contributed by atoms with E-state index < -0.39 is 0 Å². The standard InChI is InChI=1S/C24H23FN8O/c1-14-29-22(26)21-23(30-14)28-13-20(32-21)33-9-7-18(8-10-33)31-24(34)16-5-6-19(27-12-16)15-3-2-4-17(25)11-15/h2-6,11-13,18H,7-10H2,1H3,(H,31,34)(H2,26,28,29,30). The lowest BCUT2D eigenvalue weighted by atomic mass is 10.0. The number of aryl methyl sites for hydroxylation is 1. The summed E-state index contributed by atoms with van der Waals surface area (Å²) in [6.45, 7) is 3.20. The fourth-order valence-corrected chi connectivity index (χ4v) is 4.05. The number of nitrogens with one attached hydrogen (secondary N) is 1. The molecule has 0 saturated carbocycles. The summed E-state index contributed by atoms with van der Waals surface area (Å²) in [7, 11) is 0. The van der Waals surface area contributed by atoms with E-state index in [-0.39, 0.29) is 17.8 Å². The Morgan fingerprint density at radius 2 is 1.91 bits per heavy atom. The van der Waals surface area contributed by atoms with Crippen molar-refractivity contribution in [1.82, 2.24) is 30.2 Å². The lowest BCUT2D eigenvalue weighted by molar-refractivity contribution is 0.0930. The van der Waals surface area contributed by atoms with Crippen molar-refractivity contribution in [2.75, 3.05) is 23.7 Å². The summed E-state index contributed by atoms with van der Waals surface area (Å²) in [5, 5.41) is 3.08. The number of anilines is 2. The lowest BCUT2D eigenvalue weighted by Gasteiger charge is -2.33. The maximum Gasteiger partial charge on any atom is 0.253 e. The van der Waals surface area contributed by atoms with E-state index in [1.165, 1.54) is 18.3 Å². The third-order valence-corrected chi connectivity index (χ3v) is 5.83. The highest BCUT2D eigenvalue weighted by Gasteiger charge is 2.23. The normalized spacial score (nSPS) is 14.4. The van der Waals surface area contributed by atoms with Crippen LogP contribution >= 0.6 is 0 Å². The van der Waals surface area contributed by atoms with E-state index in [9.17, 15) is 9.18 Å². The molecule has 1 amide bonds. The fraction of sp³-hybridized carbons (Fsp3) is 0.250. The predicted molar refractivity (Wildman–Crippen MR) is 127 cm³/mol. The molecular weight excluding hydrogens is 435 g/mol. The second-order valence-electron chi connectivity index (χ2n) is 8.23. The van der Waals surface area contributed by atoms with Crippen molar-refractivity contribution in [1.29, 1.82) is 0 Å². The molecule has 0 atom stereocenters. The Morgan fingerprint density at radius 3 is 2.65 bits per heavy atom. The molecule has 34 heavy (non-hydrogen) atoms. The molecule has 0 aliphatic carbocycles. The van der Waals surface area contributed by atoms with E-state index in [0.717, 1.165) is 12.8 Å². The molecule has 0 unspecified atom stereocenters. The Balaban J connectivity index is 1.20. The second kappa shape index (κ2) is 8.97. The molecule has 9 nitrogen and oxygen atoms in total. The predicted octanol–water partition coefficient (Wildman–Crippen LogP) is 2.91. The number of hydrogen-bond acceptors (Lipinski definition) is 8. The van der Waals surface area contributed by atoms with Gasteiger partial charge in [0.05, 0.1) is 17.5 Å². The number of hydrogen-bond donors (Lipinski definition) is 2. The molecule has 3 N–H and O–H groups in total. The highest BCUT2D eigenvalue weighted by atomic mass is 19.1. The Labute approximate surface area is 195 Å². The van der Waals surface area contributed by atoms with E-state index >= 15 is 0 Å². The summed E-state index contributed by atoms with van der Waals surface area (Å²) in [5.41, 5.74) is 8.71. The summed E-state index contributed by atoms with van der Waals surface area (Å²) in [6, 6.07) is 9.67. The van der Waals surface area contributed by atoms with Gasteiger partial charge in [-0.2, -0.15) is 0 Å². The van der Waals surface area contributed by atoms with Gasteiger partial charge in [-0.15, -0.1) is 0 Å². The second-order valence-corrected chi connectivity index (χ2v) is 8.23. The quantitative estimate of drug-likeness (QED) is 0.479. The first-order valence-corrected chi connectivity index (χ1v) is 11.0. The number of piperidine rings is 1. The summed E-state index contributed by atoms with van der Waals surface area (Å²) in [4.78, 5) is 36.6. The number of amides is 1. The minimum Gasteiger partial charge on any atom is -0.382 e. The summed E-state index contributed by atoms with van der Waals surface area (Å²) in [6.07, 6.45) is 4.74. The molecule has 1 saturated heterocycles. The van der Waals surface area contributed by atoms with Crippen molar-refractivity contribution in [3.63, 3.8) is 0 Å². The average molecular weight is 459 g/mol. The Kier molecular flexibility index (Phi) is 5.70. The first-order chi connectivity index (χ1) is 16.5. The topological polar surface area (TPSA) is 123 Å². The lowest BCUT2D eigenvalue weighted by Crippen LogP contribution is -2.45. The number of fused-ring (bicyclic) bond motifs is 1. The molecule has 0 spiro atoms. The van der Waals surface area contributed by atoms with E-state index in [0.29, 0.717) is 58.5 Å². The summed E-state index contributed by atoms with van der Waals surface area (Å²) < 4.78 is 13.4. The molecule has 4 aromatic rings. The first-order valence-electron chi connectivity index (χ1n) is 11.0. The molecule has 1 aromatic carbocycles. The smallest absolute Gasteiger partial charge is 0.253 e. The van der Waals surface area contributed by atoms with Gasteiger partial charge >= 0.3 is 0 Å². The first kappa shape index (κ1) is 21.6. The van der Waals surface area contributed by atoms with Crippen molar-refractivity contribution in [2.45, 2.75) is 25.8 Å². The monoisotopic (exact) mass is 458 g/mol. The minimum absolute atomic E-state index is 0.0381. The van der Waals surface area contributed by atoms with E-state index in [4.69, 9.17) is 5.73 Å². The van der Waals surface area contributed by atoms with Crippen molar-refractivity contribution >= 4 is 28.7 Å². The van der Waals surface area contributed by atoms with Gasteiger partial charge in [0.15, 0.2) is 17.0 Å². The number of aromatic nitrogens is 5. The maximum absolute atomic E-state index is 13.4. The number of benzene rings is 1. The zero-order valence-electron chi connectivity index (χ0n) is 18.6. The van der Waals surface area contributed by atoms with E-state index in [2.05, 4.69) is 35.1 Å². The van der Waals surface area contributed by atoms with Crippen LogP contribution in [0.3, 0.4) is 0 Å². The molecule has 4 heterocycles. The third kappa shape index (κ3) is 4.47. The van der Waals surface area contributed by atoms with Crippen LogP contribution in [0.4, 0.5) is 16.0 Å². The highest BCUT2D eigenvalue weighted by molar-refractivity contribution is 5.94. The average Bonchev–Trinajstić information content (AvgIpc) is 2.84. The van der Waals surface area contributed by atoms with Crippen LogP contribution in [-0.4, -0.2) is 50.0 Å². The zero-order chi connectivity index (χ0) is 23.7. The van der Waals surface area contributed by atoms with Crippen LogP contribution in [0.15, 0.2) is 48.8 Å². The van der Waals surface area contributed by atoms with Crippen LogP contribution < -0.4 is 16.0 Å². The molecule has 5 rings (SSSR count). The number of nitrogen functional groups attached to an aromatic ring is 1. The number of carbonyl (C=O) groups excluding carboxylic acids is 1. The fourth-order valence-electron chi connectivity index (χ4n) is 4.05. The van der Waals surface area contributed by atoms with Crippen molar-refractivity contribution < 1.29 is 9.18 Å². The van der Waals surface area contributed by atoms with E-state index in [1.54, 1.807) is 37.4 Å². The number of rotatable bonds is 4. The van der Waals surface area contributed by atoms with Gasteiger partial charge in [0.25, 0.3) is 5.91 Å². The van der Waals surface area contributed by atoms with Gasteiger partial charge in [0, 0.05) is 30.9 Å². The van der Waals surface area contributed by atoms with Gasteiger partial charge in [-0.3, -0.25) is 9.78 Å². The SMILES string of the molecule is Cc1nc(N)c2nc(N3CCC(NC(=O)c4ccc(-c5cccc(F)c5)nc4)CC3)cnc2n1. The van der Waals surface area contributed by atoms with Crippen LogP contribution in [0.5, 0.6) is 0 Å². The van der Waals surface area contributed by atoms with Crippen LogP contribution in [0.2, 0.25) is 0 Å². The van der Waals surface area contributed by atoms with Gasteiger partial charge in [0.1, 0.15) is 17.5 Å². The van der Waals surface area contributed by atoms with Crippen molar-refractivity contribution in [3.05, 3.63) is 66.0 Å². The van der Waals surface area contributed by atoms with Crippen LogP contribution in [0.1, 0.15) is 29.0 Å². The van der Waals surface area contributed by atoms with Crippen LogP contribution in [0.25, 0.3) is 22.4 Å². The van der Waals surface area contributed by atoms with Gasteiger partial charge in [-0.05, 0) is 44.0 Å². The Bertz CT molecular complexity index is 1350. The van der Waals surface area contributed by atoms with Crippen LogP contribution in [0, 0.1) is 12.7 Å². The molecule has 1 fully saturated rings. The maximum atomic E-state index is 13.4. The molecule has 1 aliphatic heterocycles. The van der Waals surface area contributed by atoms with Gasteiger partial charge in [-0.1, -0.05) is 12.1 Å². The Hall–Kier alpha value is -4.21. The molecular formula is C24H23FN8O. The molecule has 0 bridgehead atoms. The zero-order valence-corrected chi connectivity index (χ0v) is 18.6. The largest absolute Gasteiger partial charge is 0.382 e. The van der Waals surface area contributed by atoms with Gasteiger partial charge < -0.3 is 16.0 Å². The molecule has 3 aromatic heterocycles. The number of nitrogens with zero attached hydrogens (tertiary/aromatic N) is 6. The Morgan fingerprint density at radius 1 is 1.09 bits per heavy atom.